The minimum Gasteiger partial charge on any atom is -0.353 e. The first-order valence-electron chi connectivity index (χ1n) is 8.30. The number of nitrogens with one attached hydrogen (secondary N) is 3. The standard InChI is InChI=1S/C20H13ClN4OS/c21-12-6-7-14-13(10-12)16-17(23-14)15(11-4-2-1-3-5-11)18(19(26)24-16)25-20-22-8-9-27-20/h1-10,23H,(H,22,25)(H,24,26). The predicted octanol–water partition coefficient (Wildman–Crippen LogP) is 5.53. The van der Waals surface area contributed by atoms with Gasteiger partial charge in [0, 0.05) is 33.1 Å². The molecule has 5 rings (SSSR count). The number of aromatic nitrogens is 3. The summed E-state index contributed by atoms with van der Waals surface area (Å²) in [4.78, 5) is 23.7. The van der Waals surface area contributed by atoms with E-state index in [0.717, 1.165) is 33.1 Å². The summed E-state index contributed by atoms with van der Waals surface area (Å²) in [6, 6.07) is 15.4. The lowest BCUT2D eigenvalue weighted by molar-refractivity contribution is 1.29. The summed E-state index contributed by atoms with van der Waals surface area (Å²) in [5.74, 6) is 0. The lowest BCUT2D eigenvalue weighted by atomic mass is 10.0. The number of pyridine rings is 1. The minimum absolute atomic E-state index is 0.211. The second kappa shape index (κ2) is 6.26. The van der Waals surface area contributed by atoms with Crippen molar-refractivity contribution < 1.29 is 0 Å². The monoisotopic (exact) mass is 392 g/mol. The van der Waals surface area contributed by atoms with E-state index in [0.29, 0.717) is 15.8 Å². The first-order valence-corrected chi connectivity index (χ1v) is 9.55. The summed E-state index contributed by atoms with van der Waals surface area (Å²) in [6.45, 7) is 0. The Morgan fingerprint density at radius 1 is 1.04 bits per heavy atom. The lowest BCUT2D eigenvalue weighted by Crippen LogP contribution is -2.13. The molecule has 0 aliphatic heterocycles. The Balaban J connectivity index is 1.89. The van der Waals surface area contributed by atoms with E-state index < -0.39 is 0 Å². The number of halogens is 1. The molecule has 5 aromatic rings. The summed E-state index contributed by atoms with van der Waals surface area (Å²) in [7, 11) is 0. The topological polar surface area (TPSA) is 73.6 Å². The molecule has 0 aliphatic rings. The molecule has 0 amide bonds. The second-order valence-corrected chi connectivity index (χ2v) is 7.43. The Hall–Kier alpha value is -3.09. The Morgan fingerprint density at radius 2 is 1.89 bits per heavy atom. The molecule has 3 N–H and O–H groups in total. The quantitative estimate of drug-likeness (QED) is 0.378. The highest BCUT2D eigenvalue weighted by molar-refractivity contribution is 7.13. The zero-order valence-electron chi connectivity index (χ0n) is 13.9. The molecule has 0 radical (unpaired) electrons. The van der Waals surface area contributed by atoms with Gasteiger partial charge < -0.3 is 15.3 Å². The van der Waals surface area contributed by atoms with Gasteiger partial charge in [-0.25, -0.2) is 4.98 Å². The summed E-state index contributed by atoms with van der Waals surface area (Å²) < 4.78 is 0. The molecule has 3 aromatic heterocycles. The molecule has 0 unspecified atom stereocenters. The third-order valence-corrected chi connectivity index (χ3v) is 5.38. The van der Waals surface area contributed by atoms with Gasteiger partial charge in [-0.05, 0) is 23.8 Å². The van der Waals surface area contributed by atoms with Gasteiger partial charge in [0.05, 0.1) is 11.0 Å². The molecule has 0 aliphatic carbocycles. The van der Waals surface area contributed by atoms with Crippen LogP contribution < -0.4 is 10.9 Å². The minimum atomic E-state index is -0.211. The summed E-state index contributed by atoms with van der Waals surface area (Å²) in [5.41, 5.74) is 4.48. The van der Waals surface area contributed by atoms with Crippen LogP contribution in [0.2, 0.25) is 5.02 Å². The van der Waals surface area contributed by atoms with Crippen LogP contribution in [-0.2, 0) is 0 Å². The summed E-state index contributed by atoms with van der Waals surface area (Å²) >= 11 is 7.61. The van der Waals surface area contributed by atoms with Gasteiger partial charge in [-0.1, -0.05) is 41.9 Å². The van der Waals surface area contributed by atoms with E-state index in [9.17, 15) is 4.79 Å². The van der Waals surface area contributed by atoms with E-state index in [2.05, 4.69) is 20.3 Å². The van der Waals surface area contributed by atoms with Crippen molar-refractivity contribution in [3.05, 3.63) is 75.5 Å². The average molecular weight is 393 g/mol. The van der Waals surface area contributed by atoms with E-state index >= 15 is 0 Å². The number of H-pyrrole nitrogens is 2. The van der Waals surface area contributed by atoms with Gasteiger partial charge in [-0.15, -0.1) is 11.3 Å². The molecule has 2 aromatic carbocycles. The largest absolute Gasteiger partial charge is 0.353 e. The fourth-order valence-electron chi connectivity index (χ4n) is 3.30. The predicted molar refractivity (Wildman–Crippen MR) is 112 cm³/mol. The second-order valence-electron chi connectivity index (χ2n) is 6.10. The maximum atomic E-state index is 13.0. The highest BCUT2D eigenvalue weighted by Gasteiger charge is 2.19. The highest BCUT2D eigenvalue weighted by Crippen LogP contribution is 2.37. The van der Waals surface area contributed by atoms with Crippen molar-refractivity contribution in [2.24, 2.45) is 0 Å². The van der Waals surface area contributed by atoms with Crippen LogP contribution >= 0.6 is 22.9 Å². The molecule has 0 saturated heterocycles. The van der Waals surface area contributed by atoms with Crippen molar-refractivity contribution in [2.75, 3.05) is 5.32 Å². The van der Waals surface area contributed by atoms with Crippen LogP contribution in [0.15, 0.2) is 64.9 Å². The molecule has 0 atom stereocenters. The average Bonchev–Trinajstić information content (AvgIpc) is 3.31. The number of rotatable bonds is 3. The van der Waals surface area contributed by atoms with E-state index in [-0.39, 0.29) is 5.56 Å². The number of hydrogen-bond donors (Lipinski definition) is 3. The van der Waals surface area contributed by atoms with E-state index in [1.165, 1.54) is 11.3 Å². The van der Waals surface area contributed by atoms with Crippen molar-refractivity contribution in [3.63, 3.8) is 0 Å². The Morgan fingerprint density at radius 3 is 2.67 bits per heavy atom. The molecule has 5 nitrogen and oxygen atoms in total. The molecule has 0 saturated carbocycles. The maximum Gasteiger partial charge on any atom is 0.272 e. The molecule has 132 valence electrons. The Labute approximate surface area is 162 Å². The van der Waals surface area contributed by atoms with Gasteiger partial charge in [0.15, 0.2) is 5.13 Å². The molecule has 0 bridgehead atoms. The first-order chi connectivity index (χ1) is 13.2. The third kappa shape index (κ3) is 2.70. The van der Waals surface area contributed by atoms with Gasteiger partial charge in [-0.2, -0.15) is 0 Å². The number of nitrogens with zero attached hydrogens (tertiary/aromatic N) is 1. The third-order valence-electron chi connectivity index (χ3n) is 4.45. The number of aromatic amines is 2. The van der Waals surface area contributed by atoms with E-state index in [1.54, 1.807) is 6.20 Å². The molecule has 7 heteroatoms. The van der Waals surface area contributed by atoms with Gasteiger partial charge >= 0.3 is 0 Å². The van der Waals surface area contributed by atoms with Gasteiger partial charge in [0.25, 0.3) is 5.56 Å². The number of hydrogen-bond acceptors (Lipinski definition) is 4. The lowest BCUT2D eigenvalue weighted by Gasteiger charge is -2.11. The van der Waals surface area contributed by atoms with Gasteiger partial charge in [0.1, 0.15) is 5.69 Å². The smallest absolute Gasteiger partial charge is 0.272 e. The first kappa shape index (κ1) is 16.1. The normalized spacial score (nSPS) is 11.3. The fourth-order valence-corrected chi connectivity index (χ4v) is 4.01. The Bertz CT molecular complexity index is 1320. The molecule has 27 heavy (non-hydrogen) atoms. The fraction of sp³-hybridized carbons (Fsp3) is 0. The van der Waals surface area contributed by atoms with Crippen LogP contribution in [0, 0.1) is 0 Å². The summed E-state index contributed by atoms with van der Waals surface area (Å²) in [5, 5.41) is 7.21. The van der Waals surface area contributed by atoms with Crippen molar-refractivity contribution in [2.45, 2.75) is 0 Å². The number of fused-ring (bicyclic) bond motifs is 3. The zero-order chi connectivity index (χ0) is 18.4. The summed E-state index contributed by atoms with van der Waals surface area (Å²) in [6.07, 6.45) is 1.70. The van der Waals surface area contributed by atoms with Crippen molar-refractivity contribution in [3.8, 4) is 11.1 Å². The van der Waals surface area contributed by atoms with Crippen molar-refractivity contribution in [1.82, 2.24) is 15.0 Å². The molecular formula is C20H13ClN4OS. The molecule has 0 spiro atoms. The SMILES string of the molecule is O=c1[nH]c2c([nH]c3ccc(Cl)cc32)c(-c2ccccc2)c1Nc1nccs1. The van der Waals surface area contributed by atoms with E-state index in [1.807, 2.05) is 53.9 Å². The highest BCUT2D eigenvalue weighted by atomic mass is 35.5. The van der Waals surface area contributed by atoms with Gasteiger partial charge in [-0.3, -0.25) is 4.79 Å². The van der Waals surface area contributed by atoms with Crippen LogP contribution in [0.1, 0.15) is 0 Å². The van der Waals surface area contributed by atoms with Crippen LogP contribution in [-0.4, -0.2) is 15.0 Å². The molecular weight excluding hydrogens is 380 g/mol. The molecule has 0 fully saturated rings. The van der Waals surface area contributed by atoms with Crippen LogP contribution in [0.4, 0.5) is 10.8 Å². The number of anilines is 2. The van der Waals surface area contributed by atoms with Crippen molar-refractivity contribution >= 4 is 55.7 Å². The van der Waals surface area contributed by atoms with E-state index in [4.69, 9.17) is 11.6 Å². The number of benzene rings is 2. The Kier molecular flexibility index (Phi) is 3.74. The van der Waals surface area contributed by atoms with Crippen LogP contribution in [0.3, 0.4) is 0 Å². The zero-order valence-corrected chi connectivity index (χ0v) is 15.5. The van der Waals surface area contributed by atoms with Gasteiger partial charge in [0.2, 0.25) is 0 Å². The maximum absolute atomic E-state index is 13.0. The van der Waals surface area contributed by atoms with Crippen molar-refractivity contribution in [1.29, 1.82) is 0 Å². The molecule has 3 heterocycles. The van der Waals surface area contributed by atoms with Crippen LogP contribution in [0.5, 0.6) is 0 Å². The van der Waals surface area contributed by atoms with Crippen LogP contribution in [0.25, 0.3) is 33.1 Å². The number of thiazole rings is 1.